The zero-order chi connectivity index (χ0) is 12.1. The summed E-state index contributed by atoms with van der Waals surface area (Å²) in [5.74, 6) is 1.00. The third kappa shape index (κ3) is 4.40. The van der Waals surface area contributed by atoms with Crippen LogP contribution < -0.4 is 11.1 Å². The van der Waals surface area contributed by atoms with E-state index in [0.717, 1.165) is 24.2 Å². The van der Waals surface area contributed by atoms with Crippen molar-refractivity contribution >= 4 is 17.7 Å². The first-order chi connectivity index (χ1) is 8.28. The molecule has 1 saturated carbocycles. The first kappa shape index (κ1) is 12.5. The fourth-order valence-electron chi connectivity index (χ4n) is 1.55. The molecule has 1 aliphatic carbocycles. The second-order valence-corrected chi connectivity index (χ2v) is 5.46. The molecule has 0 aromatic heterocycles. The summed E-state index contributed by atoms with van der Waals surface area (Å²) in [6.07, 6.45) is 2.89. The van der Waals surface area contributed by atoms with Crippen LogP contribution in [0.2, 0.25) is 0 Å². The second-order valence-electron chi connectivity index (χ2n) is 4.29. The fraction of sp³-hybridized carbons (Fsp3) is 0.462. The highest BCUT2D eigenvalue weighted by Crippen LogP contribution is 2.21. The Morgan fingerprint density at radius 3 is 3.00 bits per heavy atom. The smallest absolute Gasteiger partial charge is 0.221 e. The van der Waals surface area contributed by atoms with Crippen LogP contribution in [0.5, 0.6) is 0 Å². The van der Waals surface area contributed by atoms with Crippen LogP contribution in [0.3, 0.4) is 0 Å². The van der Waals surface area contributed by atoms with Crippen molar-refractivity contribution in [2.75, 3.05) is 5.75 Å². The Morgan fingerprint density at radius 1 is 1.47 bits per heavy atom. The minimum absolute atomic E-state index is 0.176. The molecule has 4 heteroatoms. The maximum Gasteiger partial charge on any atom is 0.221 e. The lowest BCUT2D eigenvalue weighted by molar-refractivity contribution is -0.120. The minimum atomic E-state index is 0.176. The minimum Gasteiger partial charge on any atom is -0.353 e. The number of benzene rings is 1. The topological polar surface area (TPSA) is 55.1 Å². The normalized spacial score (nSPS) is 14.6. The second kappa shape index (κ2) is 6.07. The summed E-state index contributed by atoms with van der Waals surface area (Å²) in [5, 5.41) is 2.99. The Bertz CT molecular complexity index is 391. The van der Waals surface area contributed by atoms with Gasteiger partial charge in [-0.3, -0.25) is 4.79 Å². The number of amides is 1. The number of nitrogens with two attached hydrogens (primary N) is 1. The summed E-state index contributed by atoms with van der Waals surface area (Å²) >= 11 is 1.71. The molecule has 1 aromatic rings. The van der Waals surface area contributed by atoms with Crippen LogP contribution in [0.15, 0.2) is 29.2 Å². The summed E-state index contributed by atoms with van der Waals surface area (Å²) in [5.41, 5.74) is 6.72. The first-order valence-corrected chi connectivity index (χ1v) is 6.97. The van der Waals surface area contributed by atoms with Crippen LogP contribution in [0.25, 0.3) is 0 Å². The zero-order valence-corrected chi connectivity index (χ0v) is 10.6. The average molecular weight is 250 g/mol. The van der Waals surface area contributed by atoms with E-state index in [9.17, 15) is 4.79 Å². The lowest BCUT2D eigenvalue weighted by atomic mass is 10.2. The highest BCUT2D eigenvalue weighted by Gasteiger charge is 2.22. The van der Waals surface area contributed by atoms with Crippen LogP contribution in [-0.2, 0) is 11.3 Å². The van der Waals surface area contributed by atoms with Crippen molar-refractivity contribution in [1.82, 2.24) is 5.32 Å². The molecule has 0 unspecified atom stereocenters. The molecule has 0 saturated heterocycles. The molecule has 0 atom stereocenters. The number of hydrogen-bond donors (Lipinski definition) is 2. The van der Waals surface area contributed by atoms with Gasteiger partial charge in [0.25, 0.3) is 0 Å². The molecular weight excluding hydrogens is 232 g/mol. The van der Waals surface area contributed by atoms with Gasteiger partial charge in [0.1, 0.15) is 0 Å². The molecule has 3 nitrogen and oxygen atoms in total. The van der Waals surface area contributed by atoms with Gasteiger partial charge in [-0.05, 0) is 30.5 Å². The number of nitrogens with one attached hydrogen (secondary N) is 1. The Kier molecular flexibility index (Phi) is 4.45. The van der Waals surface area contributed by atoms with Crippen LogP contribution in [0, 0.1) is 0 Å². The summed E-state index contributed by atoms with van der Waals surface area (Å²) in [4.78, 5) is 12.6. The predicted octanol–water partition coefficient (Wildman–Crippen LogP) is 1.91. The standard InChI is InChI=1S/C13H18N2OS/c14-9-10-2-1-3-12(8-10)17-7-6-13(16)15-11-4-5-11/h1-3,8,11H,4-7,9,14H2,(H,15,16). The van der Waals surface area contributed by atoms with Gasteiger partial charge in [-0.15, -0.1) is 11.8 Å². The molecule has 1 fully saturated rings. The van der Waals surface area contributed by atoms with Crippen molar-refractivity contribution < 1.29 is 4.79 Å². The van der Waals surface area contributed by atoms with Crippen LogP contribution >= 0.6 is 11.8 Å². The maximum atomic E-state index is 11.5. The highest BCUT2D eigenvalue weighted by atomic mass is 32.2. The number of rotatable bonds is 6. The number of carbonyl (C=O) groups is 1. The molecule has 92 valence electrons. The quantitative estimate of drug-likeness (QED) is 0.758. The Morgan fingerprint density at radius 2 is 2.29 bits per heavy atom. The molecule has 0 bridgehead atoms. The molecule has 2 rings (SSSR count). The molecule has 3 N–H and O–H groups in total. The zero-order valence-electron chi connectivity index (χ0n) is 9.82. The largest absolute Gasteiger partial charge is 0.353 e. The van der Waals surface area contributed by atoms with Crippen molar-refractivity contribution in [3.05, 3.63) is 29.8 Å². The van der Waals surface area contributed by atoms with E-state index >= 15 is 0 Å². The molecule has 0 aliphatic heterocycles. The molecular formula is C13H18N2OS. The molecule has 0 radical (unpaired) electrons. The monoisotopic (exact) mass is 250 g/mol. The third-order valence-corrected chi connectivity index (χ3v) is 3.67. The first-order valence-electron chi connectivity index (χ1n) is 5.99. The van der Waals surface area contributed by atoms with Gasteiger partial charge in [0, 0.05) is 29.7 Å². The van der Waals surface area contributed by atoms with Gasteiger partial charge in [0.05, 0.1) is 0 Å². The summed E-state index contributed by atoms with van der Waals surface area (Å²) < 4.78 is 0. The summed E-state index contributed by atoms with van der Waals surface area (Å²) in [7, 11) is 0. The predicted molar refractivity (Wildman–Crippen MR) is 70.8 cm³/mol. The summed E-state index contributed by atoms with van der Waals surface area (Å²) in [6, 6.07) is 8.64. The van der Waals surface area contributed by atoms with Gasteiger partial charge in [-0.25, -0.2) is 0 Å². The number of carbonyl (C=O) groups excluding carboxylic acids is 1. The van der Waals surface area contributed by atoms with Gasteiger partial charge in [0.2, 0.25) is 5.91 Å². The maximum absolute atomic E-state index is 11.5. The van der Waals surface area contributed by atoms with Crippen LogP contribution in [0.4, 0.5) is 0 Å². The van der Waals surface area contributed by atoms with Crippen LogP contribution in [0.1, 0.15) is 24.8 Å². The third-order valence-electron chi connectivity index (χ3n) is 2.67. The van der Waals surface area contributed by atoms with Crippen molar-refractivity contribution in [1.29, 1.82) is 0 Å². The molecule has 1 amide bonds. The van der Waals surface area contributed by atoms with E-state index in [1.165, 1.54) is 4.90 Å². The van der Waals surface area contributed by atoms with E-state index < -0.39 is 0 Å². The summed E-state index contributed by atoms with van der Waals surface area (Å²) in [6.45, 7) is 0.566. The Hall–Kier alpha value is -1.00. The van der Waals surface area contributed by atoms with Crippen molar-refractivity contribution in [3.8, 4) is 0 Å². The van der Waals surface area contributed by atoms with Gasteiger partial charge in [-0.2, -0.15) is 0 Å². The van der Waals surface area contributed by atoms with Gasteiger partial charge in [-0.1, -0.05) is 12.1 Å². The lowest BCUT2D eigenvalue weighted by Gasteiger charge is -2.04. The van der Waals surface area contributed by atoms with Crippen molar-refractivity contribution in [3.63, 3.8) is 0 Å². The van der Waals surface area contributed by atoms with E-state index in [1.54, 1.807) is 11.8 Å². The van der Waals surface area contributed by atoms with E-state index in [4.69, 9.17) is 5.73 Å². The van der Waals surface area contributed by atoms with Crippen molar-refractivity contribution in [2.45, 2.75) is 36.7 Å². The van der Waals surface area contributed by atoms with Crippen LogP contribution in [-0.4, -0.2) is 17.7 Å². The lowest BCUT2D eigenvalue weighted by Crippen LogP contribution is -2.25. The number of hydrogen-bond acceptors (Lipinski definition) is 3. The van der Waals surface area contributed by atoms with E-state index in [-0.39, 0.29) is 5.91 Å². The fourth-order valence-corrected chi connectivity index (χ4v) is 2.48. The highest BCUT2D eigenvalue weighted by molar-refractivity contribution is 7.99. The van der Waals surface area contributed by atoms with E-state index in [1.807, 2.05) is 12.1 Å². The Balaban J connectivity index is 1.71. The molecule has 0 spiro atoms. The Labute approximate surface area is 106 Å². The van der Waals surface area contributed by atoms with Gasteiger partial charge in [0.15, 0.2) is 0 Å². The van der Waals surface area contributed by atoms with Crippen molar-refractivity contribution in [2.24, 2.45) is 5.73 Å². The van der Waals surface area contributed by atoms with Gasteiger partial charge < -0.3 is 11.1 Å². The van der Waals surface area contributed by atoms with E-state index in [0.29, 0.717) is 19.0 Å². The molecule has 1 aromatic carbocycles. The SMILES string of the molecule is NCc1cccc(SCCC(=O)NC2CC2)c1. The van der Waals surface area contributed by atoms with E-state index in [2.05, 4.69) is 17.4 Å². The molecule has 1 aliphatic rings. The molecule has 0 heterocycles. The average Bonchev–Trinajstić information content (AvgIpc) is 3.13. The molecule has 17 heavy (non-hydrogen) atoms. The number of thioether (sulfide) groups is 1. The van der Waals surface area contributed by atoms with Gasteiger partial charge >= 0.3 is 0 Å².